The van der Waals surface area contributed by atoms with Crippen LogP contribution in [0.3, 0.4) is 0 Å². The minimum absolute atomic E-state index is 0.122. The number of nitrogens with one attached hydrogen (secondary N) is 2. The second-order valence-corrected chi connectivity index (χ2v) is 7.52. The van der Waals surface area contributed by atoms with E-state index < -0.39 is 11.8 Å². The largest absolute Gasteiger partial charge is 0.462 e. The van der Waals surface area contributed by atoms with Gasteiger partial charge in [-0.3, -0.25) is 14.9 Å². The molecule has 0 aromatic carbocycles. The number of anilines is 1. The lowest BCUT2D eigenvalue weighted by atomic mass is 9.95. The molecule has 3 rings (SSSR count). The molecule has 0 saturated heterocycles. The van der Waals surface area contributed by atoms with E-state index in [1.165, 1.54) is 17.4 Å². The summed E-state index contributed by atoms with van der Waals surface area (Å²) in [5.41, 5.74) is 7.05. The van der Waals surface area contributed by atoms with Crippen LogP contribution in [0.5, 0.6) is 0 Å². The van der Waals surface area contributed by atoms with Crippen molar-refractivity contribution in [2.24, 2.45) is 5.73 Å². The van der Waals surface area contributed by atoms with Gasteiger partial charge in [0, 0.05) is 11.0 Å². The molecule has 2 aromatic rings. The first-order chi connectivity index (χ1) is 12.4. The van der Waals surface area contributed by atoms with Crippen molar-refractivity contribution in [1.29, 1.82) is 0 Å². The van der Waals surface area contributed by atoms with E-state index in [0.29, 0.717) is 16.3 Å². The summed E-state index contributed by atoms with van der Waals surface area (Å²) in [7, 11) is 0. The normalized spacial score (nSPS) is 13.4. The van der Waals surface area contributed by atoms with Gasteiger partial charge >= 0.3 is 0 Å². The van der Waals surface area contributed by atoms with Gasteiger partial charge < -0.3 is 15.5 Å². The summed E-state index contributed by atoms with van der Waals surface area (Å²) < 4.78 is 5.36. The minimum Gasteiger partial charge on any atom is -0.462 e. The van der Waals surface area contributed by atoms with Gasteiger partial charge in [0.15, 0.2) is 5.11 Å². The Hall–Kier alpha value is -2.45. The summed E-state index contributed by atoms with van der Waals surface area (Å²) in [6.45, 7) is 1.83. The first-order valence-electron chi connectivity index (χ1n) is 8.25. The Morgan fingerprint density at radius 1 is 1.31 bits per heavy atom. The van der Waals surface area contributed by atoms with E-state index in [0.717, 1.165) is 41.9 Å². The molecule has 4 N–H and O–H groups in total. The van der Waals surface area contributed by atoms with Gasteiger partial charge in [-0.1, -0.05) is 0 Å². The molecular weight excluding hydrogens is 370 g/mol. The van der Waals surface area contributed by atoms with Crippen LogP contribution in [0.1, 0.15) is 45.2 Å². The van der Waals surface area contributed by atoms with E-state index >= 15 is 0 Å². The molecule has 0 unspecified atom stereocenters. The number of hydrogen-bond donors (Lipinski definition) is 3. The van der Waals surface area contributed by atoms with Gasteiger partial charge in [0.05, 0.1) is 5.56 Å². The van der Waals surface area contributed by atoms with Crippen molar-refractivity contribution in [3.63, 3.8) is 0 Å². The molecule has 0 fully saturated rings. The van der Waals surface area contributed by atoms with Gasteiger partial charge in [-0.05, 0) is 68.6 Å². The fourth-order valence-corrected chi connectivity index (χ4v) is 4.47. The average Bonchev–Trinajstić information content (AvgIpc) is 3.15. The zero-order chi connectivity index (χ0) is 18.7. The van der Waals surface area contributed by atoms with E-state index in [-0.39, 0.29) is 5.11 Å². The van der Waals surface area contributed by atoms with E-state index in [1.807, 2.05) is 13.0 Å². The number of thiophene rings is 1. The van der Waals surface area contributed by atoms with E-state index in [2.05, 4.69) is 10.6 Å². The lowest BCUT2D eigenvalue weighted by molar-refractivity contribution is -0.115. The molecule has 0 spiro atoms. The second kappa shape index (κ2) is 7.84. The highest BCUT2D eigenvalue weighted by Crippen LogP contribution is 2.37. The highest BCUT2D eigenvalue weighted by molar-refractivity contribution is 7.80. The topological polar surface area (TPSA) is 97.4 Å². The molecule has 0 bridgehead atoms. The molecule has 2 heterocycles. The predicted molar refractivity (Wildman–Crippen MR) is 106 cm³/mol. The lowest BCUT2D eigenvalue weighted by Crippen LogP contribution is -2.33. The number of primary amides is 1. The third kappa shape index (κ3) is 4.20. The number of aryl methyl sites for hydroxylation is 2. The highest BCUT2D eigenvalue weighted by atomic mass is 32.1. The summed E-state index contributed by atoms with van der Waals surface area (Å²) >= 11 is 6.66. The number of carbonyl (C=O) groups excluding carboxylic acids is 2. The average molecular weight is 390 g/mol. The maximum atomic E-state index is 12.0. The van der Waals surface area contributed by atoms with Gasteiger partial charge in [-0.15, -0.1) is 11.3 Å². The van der Waals surface area contributed by atoms with Crippen molar-refractivity contribution in [3.8, 4) is 0 Å². The third-order valence-electron chi connectivity index (χ3n) is 4.04. The smallest absolute Gasteiger partial charge is 0.251 e. The molecule has 2 aromatic heterocycles. The van der Waals surface area contributed by atoms with Gasteiger partial charge in [-0.2, -0.15) is 0 Å². The van der Waals surface area contributed by atoms with Crippen LogP contribution < -0.4 is 16.4 Å². The maximum absolute atomic E-state index is 12.0. The Labute approximate surface area is 160 Å². The molecule has 6 nitrogen and oxygen atoms in total. The summed E-state index contributed by atoms with van der Waals surface area (Å²) in [5, 5.41) is 6.22. The lowest BCUT2D eigenvalue weighted by Gasteiger charge is -2.11. The molecule has 1 aliphatic carbocycles. The van der Waals surface area contributed by atoms with Crippen LogP contribution in [0.4, 0.5) is 5.00 Å². The van der Waals surface area contributed by atoms with E-state index in [9.17, 15) is 9.59 Å². The zero-order valence-corrected chi connectivity index (χ0v) is 15.9. The van der Waals surface area contributed by atoms with Gasteiger partial charge in [0.1, 0.15) is 16.5 Å². The molecule has 8 heteroatoms. The first-order valence-corrected chi connectivity index (χ1v) is 9.47. The van der Waals surface area contributed by atoms with Gasteiger partial charge in [0.2, 0.25) is 5.91 Å². The molecular formula is C18H19N3O3S2. The summed E-state index contributed by atoms with van der Waals surface area (Å²) in [6.07, 6.45) is 6.82. The maximum Gasteiger partial charge on any atom is 0.251 e. The summed E-state index contributed by atoms with van der Waals surface area (Å²) in [5.74, 6) is 0.481. The fourth-order valence-electron chi connectivity index (χ4n) is 2.90. The van der Waals surface area contributed by atoms with Crippen LogP contribution in [0.2, 0.25) is 0 Å². The van der Waals surface area contributed by atoms with Crippen molar-refractivity contribution < 1.29 is 14.0 Å². The molecule has 2 amide bonds. The van der Waals surface area contributed by atoms with Crippen molar-refractivity contribution in [2.45, 2.75) is 32.6 Å². The molecule has 0 aliphatic heterocycles. The first kappa shape index (κ1) is 18.3. The van der Waals surface area contributed by atoms with Crippen molar-refractivity contribution in [1.82, 2.24) is 5.32 Å². The fraction of sp³-hybridized carbons (Fsp3) is 0.278. The number of thiocarbonyl (C=S) groups is 1. The van der Waals surface area contributed by atoms with Crippen LogP contribution in [0.25, 0.3) is 6.08 Å². The van der Waals surface area contributed by atoms with Crippen LogP contribution in [0, 0.1) is 6.92 Å². The van der Waals surface area contributed by atoms with Gasteiger partial charge in [-0.25, -0.2) is 0 Å². The standard InChI is InChI=1S/C18H19N3O3S2/c1-10-6-7-11(24-10)8-9-14(22)20-18(25)21-17-15(16(19)23)12-4-2-3-5-13(12)26-17/h6-9H,2-5H2,1H3,(H2,19,23)(H2,20,21,22,25)/b9-8+. The number of hydrogen-bond acceptors (Lipinski definition) is 5. The molecule has 0 radical (unpaired) electrons. The zero-order valence-electron chi connectivity index (χ0n) is 14.3. The van der Waals surface area contributed by atoms with Crippen LogP contribution in [-0.2, 0) is 17.6 Å². The van der Waals surface area contributed by atoms with Crippen LogP contribution >= 0.6 is 23.6 Å². The van der Waals surface area contributed by atoms with Crippen molar-refractivity contribution in [2.75, 3.05) is 5.32 Å². The van der Waals surface area contributed by atoms with Crippen LogP contribution in [-0.4, -0.2) is 16.9 Å². The highest BCUT2D eigenvalue weighted by Gasteiger charge is 2.24. The number of furan rings is 1. The Bertz CT molecular complexity index is 896. The Morgan fingerprint density at radius 3 is 2.77 bits per heavy atom. The van der Waals surface area contributed by atoms with Crippen molar-refractivity contribution in [3.05, 3.63) is 45.7 Å². The Balaban J connectivity index is 1.66. The van der Waals surface area contributed by atoms with Crippen molar-refractivity contribution >= 4 is 51.6 Å². The predicted octanol–water partition coefficient (Wildman–Crippen LogP) is 3.15. The second-order valence-electron chi connectivity index (χ2n) is 6.00. The SMILES string of the molecule is Cc1ccc(/C=C/C(=O)NC(=S)Nc2sc3c(c2C(N)=O)CCCC3)o1. The van der Waals surface area contributed by atoms with Gasteiger partial charge in [0.25, 0.3) is 5.91 Å². The monoisotopic (exact) mass is 389 g/mol. The number of fused-ring (bicyclic) bond motifs is 1. The summed E-state index contributed by atoms with van der Waals surface area (Å²) in [4.78, 5) is 25.0. The Morgan fingerprint density at radius 2 is 2.08 bits per heavy atom. The quantitative estimate of drug-likeness (QED) is 0.551. The molecule has 0 atom stereocenters. The molecule has 0 saturated carbocycles. The van der Waals surface area contributed by atoms with E-state index in [4.69, 9.17) is 22.4 Å². The number of rotatable bonds is 4. The van der Waals surface area contributed by atoms with E-state index in [1.54, 1.807) is 12.1 Å². The minimum atomic E-state index is -0.478. The number of amides is 2. The third-order valence-corrected chi connectivity index (χ3v) is 5.45. The Kier molecular flexibility index (Phi) is 5.53. The molecule has 136 valence electrons. The molecule has 26 heavy (non-hydrogen) atoms. The summed E-state index contributed by atoms with van der Waals surface area (Å²) in [6, 6.07) is 3.58. The number of carbonyl (C=O) groups is 2. The van der Waals surface area contributed by atoms with Crippen LogP contribution in [0.15, 0.2) is 22.6 Å². The molecule has 1 aliphatic rings. The number of nitrogens with two attached hydrogens (primary N) is 1.